The zero-order valence-electron chi connectivity index (χ0n) is 27.1. The molecule has 0 spiro atoms. The number of anilines is 2. The second kappa shape index (κ2) is 15.6. The first kappa shape index (κ1) is 34.1. The average Bonchev–Trinajstić information content (AvgIpc) is 3.60. The number of benzene rings is 4. The smallest absolute Gasteiger partial charge is 0.265 e. The number of carbonyl (C=O) groups excluding carboxylic acids is 1. The van der Waals surface area contributed by atoms with Gasteiger partial charge in [-0.2, -0.15) is 4.98 Å². The molecule has 0 bridgehead atoms. The van der Waals surface area contributed by atoms with E-state index < -0.39 is 15.9 Å². The summed E-state index contributed by atoms with van der Waals surface area (Å²) in [6.07, 6.45) is 1.04. The molecule has 0 unspecified atom stereocenters. The van der Waals surface area contributed by atoms with Crippen LogP contribution in [-0.2, 0) is 16.6 Å². The number of sulfonamides is 1. The molecule has 0 aliphatic carbocycles. The van der Waals surface area contributed by atoms with Crippen LogP contribution in [0.5, 0.6) is 5.75 Å². The maximum atomic E-state index is 12.9. The topological polar surface area (TPSA) is 147 Å². The first-order valence-electron chi connectivity index (χ1n) is 15.6. The van der Waals surface area contributed by atoms with Crippen molar-refractivity contribution < 1.29 is 27.6 Å². The Labute approximate surface area is 280 Å². The third-order valence-corrected chi connectivity index (χ3v) is 8.90. The van der Waals surface area contributed by atoms with E-state index in [9.17, 15) is 13.2 Å². The van der Waals surface area contributed by atoms with Gasteiger partial charge in [0.2, 0.25) is 5.82 Å². The minimum Gasteiger partial charge on any atom is -0.491 e. The highest BCUT2D eigenvalue weighted by atomic mass is 32.2. The molecule has 0 radical (unpaired) electrons. The molecule has 48 heavy (non-hydrogen) atoms. The maximum absolute atomic E-state index is 12.9. The third kappa shape index (κ3) is 8.78. The van der Waals surface area contributed by atoms with Crippen molar-refractivity contribution in [2.24, 2.45) is 5.92 Å². The Kier molecular flexibility index (Phi) is 11.1. The molecule has 1 heterocycles. The van der Waals surface area contributed by atoms with Crippen LogP contribution in [0, 0.1) is 5.92 Å². The van der Waals surface area contributed by atoms with Crippen molar-refractivity contribution in [3.05, 3.63) is 108 Å². The molecule has 0 aliphatic heterocycles. The van der Waals surface area contributed by atoms with Crippen LogP contribution in [-0.4, -0.2) is 56.4 Å². The van der Waals surface area contributed by atoms with E-state index in [0.717, 1.165) is 35.5 Å². The molecule has 0 fully saturated rings. The summed E-state index contributed by atoms with van der Waals surface area (Å²) in [5.41, 5.74) is 4.28. The third-order valence-electron chi connectivity index (χ3n) is 7.55. The molecule has 1 amide bonds. The lowest BCUT2D eigenvalue weighted by Crippen LogP contribution is -2.30. The molecular weight excluding hydrogens is 630 g/mol. The highest BCUT2D eigenvalue weighted by molar-refractivity contribution is 7.90. The monoisotopic (exact) mass is 669 g/mol. The van der Waals surface area contributed by atoms with Crippen LogP contribution in [0.3, 0.4) is 0 Å². The number of amides is 1. The zero-order valence-corrected chi connectivity index (χ0v) is 27.9. The lowest BCUT2D eigenvalue weighted by molar-refractivity contribution is 0.0981. The number of carbonyl (C=O) groups is 1. The molecule has 250 valence electrons. The second-order valence-electron chi connectivity index (χ2n) is 11.7. The maximum Gasteiger partial charge on any atom is 0.265 e. The van der Waals surface area contributed by atoms with Crippen molar-refractivity contribution in [1.29, 1.82) is 0 Å². The number of aliphatic hydroxyl groups is 1. The Balaban J connectivity index is 1.36. The molecule has 0 aliphatic rings. The normalized spacial score (nSPS) is 11.4. The number of nitrogens with zero attached hydrogens (tertiary/aromatic N) is 3. The molecular formula is C36H39N5O6S. The molecule has 0 atom stereocenters. The highest BCUT2D eigenvalue weighted by Gasteiger charge is 2.20. The summed E-state index contributed by atoms with van der Waals surface area (Å²) < 4.78 is 38.5. The molecule has 1 aromatic heterocycles. The summed E-state index contributed by atoms with van der Waals surface area (Å²) in [5.74, 6) is 1.02. The molecule has 0 saturated heterocycles. The Bertz CT molecular complexity index is 1930. The van der Waals surface area contributed by atoms with E-state index in [2.05, 4.69) is 46.0 Å². The minimum absolute atomic E-state index is 0.0104. The fourth-order valence-electron chi connectivity index (χ4n) is 4.88. The number of hydrogen-bond acceptors (Lipinski definition) is 10. The van der Waals surface area contributed by atoms with Crippen molar-refractivity contribution >= 4 is 27.3 Å². The van der Waals surface area contributed by atoms with Gasteiger partial charge in [-0.25, -0.2) is 13.1 Å². The Hall–Kier alpha value is -5.20. The summed E-state index contributed by atoms with van der Waals surface area (Å²) in [5, 5.41) is 16.8. The summed E-state index contributed by atoms with van der Waals surface area (Å²) in [4.78, 5) is 19.7. The van der Waals surface area contributed by atoms with E-state index in [1.54, 1.807) is 30.3 Å². The van der Waals surface area contributed by atoms with Gasteiger partial charge in [-0.1, -0.05) is 55.4 Å². The van der Waals surface area contributed by atoms with Crippen molar-refractivity contribution in [3.8, 4) is 28.6 Å². The first-order valence-corrected chi connectivity index (χ1v) is 17.1. The Morgan fingerprint density at radius 2 is 1.73 bits per heavy atom. The molecule has 12 heteroatoms. The van der Waals surface area contributed by atoms with Gasteiger partial charge in [0.1, 0.15) is 12.4 Å². The van der Waals surface area contributed by atoms with Crippen molar-refractivity contribution in [2.75, 3.05) is 37.0 Å². The number of nitrogens with one attached hydrogen (secondary N) is 2. The van der Waals surface area contributed by atoms with Crippen LogP contribution < -0.4 is 19.7 Å². The summed E-state index contributed by atoms with van der Waals surface area (Å²) in [6, 6.07) is 27.7. The lowest BCUT2D eigenvalue weighted by Gasteiger charge is -2.24. The van der Waals surface area contributed by atoms with Gasteiger partial charge >= 0.3 is 0 Å². The Morgan fingerprint density at radius 3 is 2.46 bits per heavy atom. The first-order chi connectivity index (χ1) is 23.1. The number of hydrogen-bond donors (Lipinski definition) is 3. The van der Waals surface area contributed by atoms with Crippen LogP contribution in [0.15, 0.2) is 106 Å². The van der Waals surface area contributed by atoms with E-state index in [-0.39, 0.29) is 29.6 Å². The van der Waals surface area contributed by atoms with Crippen molar-refractivity contribution in [1.82, 2.24) is 14.9 Å². The van der Waals surface area contributed by atoms with Gasteiger partial charge in [0.25, 0.3) is 21.8 Å². The number of aromatic nitrogens is 2. The zero-order chi connectivity index (χ0) is 34.1. The van der Waals surface area contributed by atoms with Crippen LogP contribution in [0.2, 0.25) is 0 Å². The van der Waals surface area contributed by atoms with Gasteiger partial charge < -0.3 is 24.6 Å². The number of ether oxygens (including phenoxy) is 1. The minimum atomic E-state index is -4.04. The van der Waals surface area contributed by atoms with E-state index in [0.29, 0.717) is 29.6 Å². The van der Waals surface area contributed by atoms with E-state index >= 15 is 0 Å². The largest absolute Gasteiger partial charge is 0.491 e. The number of rotatable bonds is 15. The van der Waals surface area contributed by atoms with E-state index in [1.807, 2.05) is 42.5 Å². The van der Waals surface area contributed by atoms with Crippen molar-refractivity contribution in [2.45, 2.75) is 31.7 Å². The summed E-state index contributed by atoms with van der Waals surface area (Å²) in [6.45, 7) is 6.04. The molecule has 11 nitrogen and oxygen atoms in total. The van der Waals surface area contributed by atoms with Gasteiger partial charge in [0.05, 0.1) is 22.9 Å². The summed E-state index contributed by atoms with van der Waals surface area (Å²) >= 11 is 0. The van der Waals surface area contributed by atoms with Gasteiger partial charge in [-0.05, 0) is 78.6 Å². The van der Waals surface area contributed by atoms with E-state index in [1.165, 1.54) is 24.3 Å². The SMILES string of the molecule is CC(C)CCN(C)c1ccc(-c2noc(-c3cccc(C(=O)NS(=O)(=O)c4ccccc4)c3)n2)cc1NCc1ccc(OCCO)cc1. The fourth-order valence-corrected chi connectivity index (χ4v) is 5.87. The quantitative estimate of drug-likeness (QED) is 0.122. The Morgan fingerprint density at radius 1 is 0.958 bits per heavy atom. The van der Waals surface area contributed by atoms with Crippen LogP contribution in [0.4, 0.5) is 11.4 Å². The van der Waals surface area contributed by atoms with Gasteiger partial charge in [0.15, 0.2) is 0 Å². The average molecular weight is 670 g/mol. The molecule has 5 aromatic rings. The molecule has 5 rings (SSSR count). The van der Waals surface area contributed by atoms with Crippen LogP contribution >= 0.6 is 0 Å². The number of aliphatic hydroxyl groups excluding tert-OH is 1. The standard InChI is InChI=1S/C36H39N5O6S/c1-25(2)18-19-41(3)33-17-14-27(23-32(33)37-24-26-12-15-30(16-13-26)46-21-20-42)34-38-36(47-39-34)29-9-7-8-28(22-29)35(43)40-48(44,45)31-10-5-4-6-11-31/h4-17,22-23,25,37,42H,18-21,24H2,1-3H3,(H,40,43). The van der Waals surface area contributed by atoms with Gasteiger partial charge in [0, 0.05) is 36.8 Å². The van der Waals surface area contributed by atoms with Crippen LogP contribution in [0.1, 0.15) is 36.2 Å². The lowest BCUT2D eigenvalue weighted by atomic mass is 10.1. The van der Waals surface area contributed by atoms with Crippen LogP contribution in [0.25, 0.3) is 22.8 Å². The van der Waals surface area contributed by atoms with Crippen molar-refractivity contribution in [3.63, 3.8) is 0 Å². The predicted molar refractivity (Wildman–Crippen MR) is 185 cm³/mol. The second-order valence-corrected chi connectivity index (χ2v) is 13.3. The highest BCUT2D eigenvalue weighted by Crippen LogP contribution is 2.32. The van der Waals surface area contributed by atoms with Gasteiger partial charge in [-0.15, -0.1) is 0 Å². The van der Waals surface area contributed by atoms with E-state index in [4.69, 9.17) is 14.4 Å². The fraction of sp³-hybridized carbons (Fsp3) is 0.250. The molecule has 4 aromatic carbocycles. The predicted octanol–water partition coefficient (Wildman–Crippen LogP) is 5.99. The molecule has 3 N–H and O–H groups in total. The molecule has 0 saturated carbocycles. The van der Waals surface area contributed by atoms with Gasteiger partial charge in [-0.3, -0.25) is 4.79 Å². The summed E-state index contributed by atoms with van der Waals surface area (Å²) in [7, 11) is -1.98.